The Bertz CT molecular complexity index is 1080. The van der Waals surface area contributed by atoms with Crippen molar-refractivity contribution in [3.8, 4) is 0 Å². The van der Waals surface area contributed by atoms with E-state index in [0.29, 0.717) is 19.6 Å². The molecular formula is C28H35N3O3. The van der Waals surface area contributed by atoms with Gasteiger partial charge in [-0.3, -0.25) is 14.5 Å². The van der Waals surface area contributed by atoms with Crippen LogP contribution in [0.1, 0.15) is 60.0 Å². The Kier molecular flexibility index (Phi) is 7.47. The quantitative estimate of drug-likeness (QED) is 0.592. The molecule has 34 heavy (non-hydrogen) atoms. The van der Waals surface area contributed by atoms with E-state index in [1.54, 1.807) is 5.01 Å². The topological polar surface area (TPSA) is 62.2 Å². The molecule has 2 aromatic carbocycles. The first-order chi connectivity index (χ1) is 16.4. The second-order valence-corrected chi connectivity index (χ2v) is 9.56. The number of hydrogen-bond donors (Lipinski definition) is 0. The minimum Gasteiger partial charge on any atom is -0.466 e. The fraction of sp³-hybridized carbons (Fsp3) is 0.464. The van der Waals surface area contributed by atoms with E-state index < -0.39 is 0 Å². The summed E-state index contributed by atoms with van der Waals surface area (Å²) in [5, 5.41) is 6.53. The summed E-state index contributed by atoms with van der Waals surface area (Å²) in [6.45, 7) is 10.1. The highest BCUT2D eigenvalue weighted by Crippen LogP contribution is 2.35. The molecule has 0 spiro atoms. The second kappa shape index (κ2) is 10.5. The Labute approximate surface area is 202 Å². The normalized spacial score (nSPS) is 20.8. The van der Waals surface area contributed by atoms with Gasteiger partial charge >= 0.3 is 5.97 Å². The lowest BCUT2D eigenvalue weighted by atomic mass is 9.93. The molecule has 2 heterocycles. The van der Waals surface area contributed by atoms with Gasteiger partial charge in [0.1, 0.15) is 0 Å². The lowest BCUT2D eigenvalue weighted by Gasteiger charge is -2.32. The third-order valence-electron chi connectivity index (χ3n) is 6.83. The number of carbonyl (C=O) groups excluding carboxylic acids is 2. The second-order valence-electron chi connectivity index (χ2n) is 9.56. The number of nitrogens with zero attached hydrogens (tertiary/aromatic N) is 3. The highest BCUT2D eigenvalue weighted by Gasteiger charge is 2.36. The summed E-state index contributed by atoms with van der Waals surface area (Å²) in [7, 11) is 0. The van der Waals surface area contributed by atoms with Crippen LogP contribution < -0.4 is 0 Å². The molecule has 1 amide bonds. The minimum absolute atomic E-state index is 0.0301. The Hall–Kier alpha value is -2.99. The number of hydrazone groups is 1. The van der Waals surface area contributed by atoms with Gasteiger partial charge in [-0.05, 0) is 63.8 Å². The van der Waals surface area contributed by atoms with Crippen molar-refractivity contribution in [1.29, 1.82) is 0 Å². The van der Waals surface area contributed by atoms with Crippen molar-refractivity contribution >= 4 is 17.6 Å². The van der Waals surface area contributed by atoms with E-state index in [-0.39, 0.29) is 30.4 Å². The van der Waals surface area contributed by atoms with Gasteiger partial charge in [-0.15, -0.1) is 0 Å². The molecule has 0 radical (unpaired) electrons. The largest absolute Gasteiger partial charge is 0.466 e. The third kappa shape index (κ3) is 5.39. The van der Waals surface area contributed by atoms with Crippen molar-refractivity contribution in [2.45, 2.75) is 53.0 Å². The first kappa shape index (κ1) is 24.1. The number of ether oxygens (including phenoxy) is 1. The lowest BCUT2D eigenvalue weighted by Crippen LogP contribution is -2.44. The number of benzene rings is 2. The van der Waals surface area contributed by atoms with Crippen molar-refractivity contribution in [2.75, 3.05) is 26.2 Å². The summed E-state index contributed by atoms with van der Waals surface area (Å²) in [5.41, 5.74) is 6.66. The molecule has 0 unspecified atom stereocenters. The fourth-order valence-electron chi connectivity index (χ4n) is 4.94. The maximum Gasteiger partial charge on any atom is 0.310 e. The van der Waals surface area contributed by atoms with Crippen LogP contribution in [0.15, 0.2) is 47.6 Å². The number of aryl methyl sites for hydroxylation is 3. The molecule has 6 heteroatoms. The zero-order valence-corrected chi connectivity index (χ0v) is 20.7. The monoisotopic (exact) mass is 461 g/mol. The first-order valence-corrected chi connectivity index (χ1v) is 12.3. The average Bonchev–Trinajstić information content (AvgIpc) is 3.27. The standard InChI is InChI=1S/C28H35N3O3/c1-5-34-28(33)23-7-6-14-30(17-23)18-27(32)31-26(24-15-20(3)8-11-21(24)4)16-25(29-31)22-12-9-19(2)10-13-22/h8-13,15,23,26H,5-7,14,16-18H2,1-4H3/t23-,26-/m0/s1. The maximum atomic E-state index is 13.6. The highest BCUT2D eigenvalue weighted by molar-refractivity contribution is 6.03. The van der Waals surface area contributed by atoms with E-state index in [2.05, 4.69) is 68.1 Å². The molecule has 0 bridgehead atoms. The molecule has 0 aromatic heterocycles. The van der Waals surface area contributed by atoms with Crippen LogP contribution >= 0.6 is 0 Å². The molecule has 2 atom stereocenters. The summed E-state index contributed by atoms with van der Waals surface area (Å²) in [5.74, 6) is -0.354. The first-order valence-electron chi connectivity index (χ1n) is 12.3. The van der Waals surface area contributed by atoms with Crippen LogP contribution in [-0.2, 0) is 14.3 Å². The molecule has 0 aliphatic carbocycles. The smallest absolute Gasteiger partial charge is 0.310 e. The average molecular weight is 462 g/mol. The number of carbonyl (C=O) groups is 2. The van der Waals surface area contributed by atoms with E-state index in [0.717, 1.165) is 41.8 Å². The van der Waals surface area contributed by atoms with E-state index in [1.165, 1.54) is 11.1 Å². The van der Waals surface area contributed by atoms with Crippen molar-refractivity contribution in [1.82, 2.24) is 9.91 Å². The lowest BCUT2D eigenvalue weighted by molar-refractivity contribution is -0.150. The minimum atomic E-state index is -0.165. The maximum absolute atomic E-state index is 13.6. The van der Waals surface area contributed by atoms with Crippen molar-refractivity contribution in [3.05, 3.63) is 70.3 Å². The molecule has 1 fully saturated rings. The number of hydrogen-bond acceptors (Lipinski definition) is 5. The van der Waals surface area contributed by atoms with Gasteiger partial charge in [0.2, 0.25) is 0 Å². The molecule has 2 aromatic rings. The van der Waals surface area contributed by atoms with Gasteiger partial charge in [-0.1, -0.05) is 53.6 Å². The van der Waals surface area contributed by atoms with Crippen LogP contribution in [0, 0.1) is 26.7 Å². The molecule has 6 nitrogen and oxygen atoms in total. The molecule has 4 rings (SSSR count). The molecule has 180 valence electrons. The van der Waals surface area contributed by atoms with Crippen LogP contribution in [0.25, 0.3) is 0 Å². The highest BCUT2D eigenvalue weighted by atomic mass is 16.5. The molecule has 0 N–H and O–H groups in total. The molecule has 2 aliphatic heterocycles. The zero-order chi connectivity index (χ0) is 24.2. The number of amides is 1. The van der Waals surface area contributed by atoms with Crippen LogP contribution in [0.5, 0.6) is 0 Å². The van der Waals surface area contributed by atoms with Crippen LogP contribution in [0.2, 0.25) is 0 Å². The summed E-state index contributed by atoms with van der Waals surface area (Å²) in [4.78, 5) is 27.9. The predicted octanol–water partition coefficient (Wildman–Crippen LogP) is 4.56. The number of esters is 1. The molecule has 2 aliphatic rings. The number of likely N-dealkylation sites (tertiary alicyclic amines) is 1. The SMILES string of the molecule is CCOC(=O)[C@H]1CCCN(CC(=O)N2N=C(c3ccc(C)cc3)C[C@H]2c2cc(C)ccc2C)C1. The van der Waals surface area contributed by atoms with Crippen LogP contribution in [0.4, 0.5) is 0 Å². The van der Waals surface area contributed by atoms with E-state index in [9.17, 15) is 9.59 Å². The van der Waals surface area contributed by atoms with Crippen LogP contribution in [-0.4, -0.2) is 53.7 Å². The van der Waals surface area contributed by atoms with Gasteiger partial charge in [0.25, 0.3) is 5.91 Å². The number of piperidine rings is 1. The van der Waals surface area contributed by atoms with Crippen molar-refractivity contribution in [3.63, 3.8) is 0 Å². The Balaban J connectivity index is 1.57. The molecule has 0 saturated carbocycles. The molecular weight excluding hydrogens is 426 g/mol. The number of rotatable bonds is 6. The Morgan fingerprint density at radius 1 is 1.06 bits per heavy atom. The van der Waals surface area contributed by atoms with Crippen LogP contribution in [0.3, 0.4) is 0 Å². The van der Waals surface area contributed by atoms with Crippen molar-refractivity contribution in [2.24, 2.45) is 11.0 Å². The Morgan fingerprint density at radius 3 is 2.53 bits per heavy atom. The van der Waals surface area contributed by atoms with E-state index in [1.807, 2.05) is 6.92 Å². The van der Waals surface area contributed by atoms with Gasteiger partial charge < -0.3 is 4.74 Å². The van der Waals surface area contributed by atoms with Crippen molar-refractivity contribution < 1.29 is 14.3 Å². The van der Waals surface area contributed by atoms with Gasteiger partial charge in [0.05, 0.1) is 30.8 Å². The summed E-state index contributed by atoms with van der Waals surface area (Å²) in [6, 6.07) is 14.6. The fourth-order valence-corrected chi connectivity index (χ4v) is 4.94. The third-order valence-corrected chi connectivity index (χ3v) is 6.83. The van der Waals surface area contributed by atoms with Gasteiger partial charge in [-0.2, -0.15) is 5.10 Å². The zero-order valence-electron chi connectivity index (χ0n) is 20.7. The summed E-state index contributed by atoms with van der Waals surface area (Å²) in [6.07, 6.45) is 2.38. The van der Waals surface area contributed by atoms with E-state index >= 15 is 0 Å². The summed E-state index contributed by atoms with van der Waals surface area (Å²) < 4.78 is 5.22. The predicted molar refractivity (Wildman–Crippen MR) is 134 cm³/mol. The summed E-state index contributed by atoms with van der Waals surface area (Å²) >= 11 is 0. The Morgan fingerprint density at radius 2 is 1.79 bits per heavy atom. The van der Waals surface area contributed by atoms with Gasteiger partial charge in [-0.25, -0.2) is 5.01 Å². The van der Waals surface area contributed by atoms with Gasteiger partial charge in [0.15, 0.2) is 0 Å². The molecule has 1 saturated heterocycles. The van der Waals surface area contributed by atoms with E-state index in [4.69, 9.17) is 9.84 Å². The van der Waals surface area contributed by atoms with Gasteiger partial charge in [0, 0.05) is 13.0 Å².